The molecule has 0 unspecified atom stereocenters. The average molecular weight is 496 g/mol. The maximum Gasteiger partial charge on any atom is 0.333 e. The average Bonchev–Trinajstić information content (AvgIpc) is 2.81. The highest BCUT2D eigenvalue weighted by atomic mass is 16.5. The monoisotopic (exact) mass is 495 g/mol. The number of esters is 1. The quantitative estimate of drug-likeness (QED) is 0.187. The molecule has 196 valence electrons. The van der Waals surface area contributed by atoms with Gasteiger partial charge in [0.15, 0.2) is 5.78 Å². The standard InChI is InChI=1S/C30H41NO5/c1-7-8-16-24(32)17-13-14-18-25(33)28(30(4,5)6)31-27(34)19-12-10-9-11-15-22(2)26-21-20-23(3)29(35)36-26/h7-8,11-15,19-20,22,24,26,28,32H,16-18,21H2,1-6H3,(H,31,34)/b8-7-,14-13-,15-11+,19-12+/t22-,24-,26-,28+/m0/s1. The number of nitrogens with one attached hydrogen (secondary N) is 1. The summed E-state index contributed by atoms with van der Waals surface area (Å²) in [6.07, 6.45) is 16.7. The van der Waals surface area contributed by atoms with E-state index in [2.05, 4.69) is 17.2 Å². The highest BCUT2D eigenvalue weighted by Gasteiger charge is 2.31. The van der Waals surface area contributed by atoms with Crippen LogP contribution in [0, 0.1) is 23.2 Å². The van der Waals surface area contributed by atoms with Crippen molar-refractivity contribution in [2.45, 2.75) is 85.5 Å². The predicted molar refractivity (Wildman–Crippen MR) is 144 cm³/mol. The van der Waals surface area contributed by atoms with Crippen molar-refractivity contribution in [1.82, 2.24) is 5.32 Å². The third kappa shape index (κ3) is 12.0. The van der Waals surface area contributed by atoms with Gasteiger partial charge >= 0.3 is 5.97 Å². The Morgan fingerprint density at radius 1 is 1.19 bits per heavy atom. The van der Waals surface area contributed by atoms with Crippen LogP contribution in [0.4, 0.5) is 0 Å². The van der Waals surface area contributed by atoms with Gasteiger partial charge in [-0.25, -0.2) is 4.79 Å². The highest BCUT2D eigenvalue weighted by Crippen LogP contribution is 2.22. The largest absolute Gasteiger partial charge is 0.458 e. The van der Waals surface area contributed by atoms with E-state index >= 15 is 0 Å². The minimum Gasteiger partial charge on any atom is -0.458 e. The number of hydrogen-bond acceptors (Lipinski definition) is 5. The second-order valence-electron chi connectivity index (χ2n) is 10.1. The number of hydrogen-bond donors (Lipinski definition) is 2. The van der Waals surface area contributed by atoms with Gasteiger partial charge in [-0.05, 0) is 44.3 Å². The van der Waals surface area contributed by atoms with Crippen molar-refractivity contribution < 1.29 is 24.2 Å². The zero-order valence-corrected chi connectivity index (χ0v) is 22.4. The summed E-state index contributed by atoms with van der Waals surface area (Å²) in [7, 11) is 0. The van der Waals surface area contributed by atoms with E-state index in [1.165, 1.54) is 12.2 Å². The van der Waals surface area contributed by atoms with E-state index < -0.39 is 23.5 Å². The zero-order valence-electron chi connectivity index (χ0n) is 22.4. The molecular weight excluding hydrogens is 454 g/mol. The van der Waals surface area contributed by atoms with Crippen molar-refractivity contribution >= 4 is 17.7 Å². The number of Topliss-reactive ketones (excluding diaryl/α,β-unsaturated/α-hetero) is 1. The summed E-state index contributed by atoms with van der Waals surface area (Å²) in [4.78, 5) is 36.8. The van der Waals surface area contributed by atoms with Crippen LogP contribution in [0.5, 0.6) is 0 Å². The first-order valence-electron chi connectivity index (χ1n) is 12.4. The lowest BCUT2D eigenvalue weighted by Crippen LogP contribution is -2.48. The first-order valence-corrected chi connectivity index (χ1v) is 12.4. The van der Waals surface area contributed by atoms with Gasteiger partial charge in [-0.1, -0.05) is 76.0 Å². The zero-order chi connectivity index (χ0) is 27.1. The van der Waals surface area contributed by atoms with Crippen LogP contribution in [-0.4, -0.2) is 41.0 Å². The molecule has 1 heterocycles. The molecule has 1 rings (SSSR count). The smallest absolute Gasteiger partial charge is 0.333 e. The fraction of sp³-hybridized carbons (Fsp3) is 0.500. The van der Waals surface area contributed by atoms with Crippen molar-refractivity contribution in [3.8, 4) is 11.8 Å². The van der Waals surface area contributed by atoms with Crippen molar-refractivity contribution in [3.05, 3.63) is 60.3 Å². The maximum absolute atomic E-state index is 12.8. The number of aliphatic hydroxyl groups excluding tert-OH is 1. The number of rotatable bonds is 11. The number of cyclic esters (lactones) is 1. The van der Waals surface area contributed by atoms with Crippen molar-refractivity contribution in [2.24, 2.45) is 11.3 Å². The Balaban J connectivity index is 2.58. The van der Waals surface area contributed by atoms with Crippen LogP contribution in [-0.2, 0) is 19.1 Å². The number of aliphatic hydroxyl groups is 1. The van der Waals surface area contributed by atoms with Crippen LogP contribution < -0.4 is 5.32 Å². The second-order valence-corrected chi connectivity index (χ2v) is 10.1. The first-order chi connectivity index (χ1) is 17.0. The number of allylic oxidation sites excluding steroid dienone is 4. The van der Waals surface area contributed by atoms with E-state index in [0.717, 1.165) is 0 Å². The van der Waals surface area contributed by atoms with Gasteiger partial charge in [0.05, 0.1) is 12.1 Å². The Hall–Kier alpha value is -3.17. The predicted octanol–water partition coefficient (Wildman–Crippen LogP) is 4.76. The van der Waals surface area contributed by atoms with E-state index in [1.54, 1.807) is 25.2 Å². The molecule has 6 heteroatoms. The van der Waals surface area contributed by atoms with Gasteiger partial charge in [-0.15, -0.1) is 0 Å². The van der Waals surface area contributed by atoms with Crippen molar-refractivity contribution in [3.63, 3.8) is 0 Å². The van der Waals surface area contributed by atoms with Gasteiger partial charge in [-0.2, -0.15) is 0 Å². The van der Waals surface area contributed by atoms with Crippen LogP contribution in [0.25, 0.3) is 0 Å². The summed E-state index contributed by atoms with van der Waals surface area (Å²) < 4.78 is 5.39. The van der Waals surface area contributed by atoms with Gasteiger partial charge in [-0.3, -0.25) is 9.59 Å². The van der Waals surface area contributed by atoms with Crippen LogP contribution in [0.3, 0.4) is 0 Å². The molecule has 0 aromatic carbocycles. The number of carbonyl (C=O) groups is 3. The molecule has 4 atom stereocenters. The summed E-state index contributed by atoms with van der Waals surface area (Å²) >= 11 is 0. The maximum atomic E-state index is 12.8. The molecule has 1 amide bonds. The molecule has 0 radical (unpaired) electrons. The van der Waals surface area contributed by atoms with E-state index in [0.29, 0.717) is 24.8 Å². The fourth-order valence-corrected chi connectivity index (χ4v) is 3.44. The van der Waals surface area contributed by atoms with E-state index in [9.17, 15) is 19.5 Å². The normalized spacial score (nSPS) is 19.1. The lowest BCUT2D eigenvalue weighted by Gasteiger charge is -2.29. The van der Waals surface area contributed by atoms with Crippen molar-refractivity contribution in [2.75, 3.05) is 0 Å². The van der Waals surface area contributed by atoms with Gasteiger partial charge in [0.25, 0.3) is 0 Å². The van der Waals surface area contributed by atoms with Gasteiger partial charge in [0.1, 0.15) is 6.10 Å². The number of ketones is 1. The third-order valence-corrected chi connectivity index (χ3v) is 5.72. The summed E-state index contributed by atoms with van der Waals surface area (Å²) in [5.41, 5.74) is 0.175. The number of carbonyl (C=O) groups excluding carboxylic acids is 3. The molecule has 0 saturated carbocycles. The molecule has 0 spiro atoms. The molecule has 1 aliphatic heterocycles. The summed E-state index contributed by atoms with van der Waals surface area (Å²) in [6.45, 7) is 11.3. The third-order valence-electron chi connectivity index (χ3n) is 5.72. The Kier molecular flexibility index (Phi) is 13.5. The second kappa shape index (κ2) is 15.7. The Morgan fingerprint density at radius 3 is 2.50 bits per heavy atom. The minimum absolute atomic E-state index is 0.0175. The lowest BCUT2D eigenvalue weighted by atomic mass is 9.83. The Morgan fingerprint density at radius 2 is 1.86 bits per heavy atom. The fourth-order valence-electron chi connectivity index (χ4n) is 3.44. The molecule has 6 nitrogen and oxygen atoms in total. The molecule has 0 aromatic rings. The highest BCUT2D eigenvalue weighted by molar-refractivity contribution is 5.94. The van der Waals surface area contributed by atoms with E-state index in [1.807, 2.05) is 58.9 Å². The van der Waals surface area contributed by atoms with Gasteiger partial charge in [0, 0.05) is 30.4 Å². The Labute approximate surface area is 216 Å². The van der Waals surface area contributed by atoms with Gasteiger partial charge in [0.2, 0.25) is 5.91 Å². The van der Waals surface area contributed by atoms with Crippen LogP contribution in [0.1, 0.15) is 67.2 Å². The number of ether oxygens (including phenoxy) is 1. The molecule has 0 saturated heterocycles. The van der Waals surface area contributed by atoms with E-state index in [-0.39, 0.29) is 30.2 Å². The van der Waals surface area contributed by atoms with Crippen LogP contribution >= 0.6 is 0 Å². The Bertz CT molecular complexity index is 966. The van der Waals surface area contributed by atoms with E-state index in [4.69, 9.17) is 4.74 Å². The van der Waals surface area contributed by atoms with Gasteiger partial charge < -0.3 is 15.2 Å². The molecule has 1 aliphatic rings. The molecular formula is C30H41NO5. The molecule has 0 aromatic heterocycles. The lowest BCUT2D eigenvalue weighted by molar-refractivity contribution is -0.147. The summed E-state index contributed by atoms with van der Waals surface area (Å²) in [6, 6.07) is -0.656. The molecule has 36 heavy (non-hydrogen) atoms. The molecule has 0 fully saturated rings. The summed E-state index contributed by atoms with van der Waals surface area (Å²) in [5.74, 6) is 4.86. The summed E-state index contributed by atoms with van der Waals surface area (Å²) in [5, 5.41) is 12.6. The number of amides is 1. The van der Waals surface area contributed by atoms with Crippen molar-refractivity contribution in [1.29, 1.82) is 0 Å². The van der Waals surface area contributed by atoms with Crippen LogP contribution in [0.2, 0.25) is 0 Å². The first kappa shape index (κ1) is 30.9. The molecule has 0 aliphatic carbocycles. The molecule has 2 N–H and O–H groups in total. The van der Waals surface area contributed by atoms with Crippen LogP contribution in [0.15, 0.2) is 60.3 Å². The SMILES string of the molecule is C/C=C\C[C@H](O)C/C=C\CC(=O)[C@@H](NC(=O)/C=C/C#C/C=C/[C@H](C)[C@@H]1CC=C(C)C(=O)O1)C(C)(C)C. The minimum atomic E-state index is -0.656. The molecule has 0 bridgehead atoms. The topological polar surface area (TPSA) is 92.7 Å².